The molecule has 0 amide bonds. The Bertz CT molecular complexity index is 379. The molecular formula is C15H22BrNO. The fourth-order valence-electron chi connectivity index (χ4n) is 1.86. The van der Waals surface area contributed by atoms with Gasteiger partial charge in [0, 0.05) is 23.0 Å². The van der Waals surface area contributed by atoms with Crippen LogP contribution in [0.3, 0.4) is 0 Å². The molecule has 1 aromatic rings. The fraction of sp³-hybridized carbons (Fsp3) is 0.533. The van der Waals surface area contributed by atoms with Gasteiger partial charge in [0.25, 0.3) is 0 Å². The van der Waals surface area contributed by atoms with E-state index in [0.717, 1.165) is 23.1 Å². The van der Waals surface area contributed by atoms with Crippen LogP contribution in [0.2, 0.25) is 0 Å². The summed E-state index contributed by atoms with van der Waals surface area (Å²) in [6.07, 6.45) is 4.31. The van der Waals surface area contributed by atoms with Crippen molar-refractivity contribution in [3.63, 3.8) is 0 Å². The van der Waals surface area contributed by atoms with E-state index in [1.165, 1.54) is 19.3 Å². The van der Waals surface area contributed by atoms with Gasteiger partial charge in [-0.25, -0.2) is 0 Å². The van der Waals surface area contributed by atoms with Crippen molar-refractivity contribution in [2.75, 3.05) is 20.1 Å². The molecule has 1 aromatic carbocycles. The van der Waals surface area contributed by atoms with E-state index in [0.29, 0.717) is 6.42 Å². The Morgan fingerprint density at radius 2 is 1.94 bits per heavy atom. The number of hydrogen-bond acceptors (Lipinski definition) is 2. The zero-order valence-corrected chi connectivity index (χ0v) is 12.9. The number of carbonyl (C=O) groups is 1. The standard InChI is InChI=1S/C15H22BrNO/c1-3-4-7-11-17(2)12-10-15(18)13-8-5-6-9-14(13)16/h5-6,8-9H,3-4,7,10-12H2,1-2H3. The third kappa shape index (κ3) is 5.32. The maximum Gasteiger partial charge on any atom is 0.165 e. The highest BCUT2D eigenvalue weighted by Crippen LogP contribution is 2.17. The molecule has 0 radical (unpaired) electrons. The first-order valence-corrected chi connectivity index (χ1v) is 7.40. The summed E-state index contributed by atoms with van der Waals surface area (Å²) in [4.78, 5) is 14.3. The Kier molecular flexibility index (Phi) is 7.21. The van der Waals surface area contributed by atoms with Gasteiger partial charge in [-0.1, -0.05) is 53.9 Å². The first-order valence-electron chi connectivity index (χ1n) is 6.61. The van der Waals surface area contributed by atoms with Gasteiger partial charge in [-0.15, -0.1) is 0 Å². The van der Waals surface area contributed by atoms with Gasteiger partial charge in [0.1, 0.15) is 0 Å². The van der Waals surface area contributed by atoms with Crippen molar-refractivity contribution in [1.29, 1.82) is 0 Å². The number of halogens is 1. The number of hydrogen-bond donors (Lipinski definition) is 0. The third-order valence-corrected chi connectivity index (χ3v) is 3.73. The van der Waals surface area contributed by atoms with E-state index < -0.39 is 0 Å². The van der Waals surface area contributed by atoms with Gasteiger partial charge in [0.15, 0.2) is 5.78 Å². The van der Waals surface area contributed by atoms with Crippen LogP contribution in [-0.2, 0) is 0 Å². The van der Waals surface area contributed by atoms with Crippen molar-refractivity contribution >= 4 is 21.7 Å². The number of unbranched alkanes of at least 4 members (excludes halogenated alkanes) is 2. The normalized spacial score (nSPS) is 10.9. The minimum atomic E-state index is 0.213. The highest BCUT2D eigenvalue weighted by molar-refractivity contribution is 9.10. The molecule has 0 atom stereocenters. The maximum atomic E-state index is 12.0. The molecule has 0 unspecified atom stereocenters. The summed E-state index contributed by atoms with van der Waals surface area (Å²) >= 11 is 3.42. The molecule has 0 heterocycles. The molecule has 0 aliphatic rings. The lowest BCUT2D eigenvalue weighted by atomic mass is 10.1. The van der Waals surface area contributed by atoms with E-state index in [4.69, 9.17) is 0 Å². The van der Waals surface area contributed by atoms with Gasteiger partial charge >= 0.3 is 0 Å². The highest BCUT2D eigenvalue weighted by Gasteiger charge is 2.10. The lowest BCUT2D eigenvalue weighted by Gasteiger charge is -2.15. The number of benzene rings is 1. The Morgan fingerprint density at radius 1 is 1.22 bits per heavy atom. The van der Waals surface area contributed by atoms with Crippen molar-refractivity contribution in [3.05, 3.63) is 34.3 Å². The van der Waals surface area contributed by atoms with Crippen molar-refractivity contribution in [3.8, 4) is 0 Å². The molecule has 0 N–H and O–H groups in total. The van der Waals surface area contributed by atoms with E-state index in [1.807, 2.05) is 24.3 Å². The maximum absolute atomic E-state index is 12.0. The Hall–Kier alpha value is -0.670. The van der Waals surface area contributed by atoms with Gasteiger partial charge < -0.3 is 4.90 Å². The van der Waals surface area contributed by atoms with Gasteiger partial charge in [0.2, 0.25) is 0 Å². The van der Waals surface area contributed by atoms with Crippen LogP contribution in [0.1, 0.15) is 43.0 Å². The minimum Gasteiger partial charge on any atom is -0.306 e. The quantitative estimate of drug-likeness (QED) is 0.531. The van der Waals surface area contributed by atoms with E-state index in [-0.39, 0.29) is 5.78 Å². The van der Waals surface area contributed by atoms with Gasteiger partial charge in [-0.05, 0) is 26.1 Å². The van der Waals surface area contributed by atoms with E-state index >= 15 is 0 Å². The summed E-state index contributed by atoms with van der Waals surface area (Å²) in [6, 6.07) is 7.63. The molecule has 0 bridgehead atoms. The number of Topliss-reactive ketones (excluding diaryl/α,β-unsaturated/α-hetero) is 1. The first kappa shape index (κ1) is 15.4. The number of nitrogens with zero attached hydrogens (tertiary/aromatic N) is 1. The molecule has 0 saturated heterocycles. The first-order chi connectivity index (χ1) is 8.65. The van der Waals surface area contributed by atoms with Crippen LogP contribution in [0.5, 0.6) is 0 Å². The van der Waals surface area contributed by atoms with Crippen molar-refractivity contribution < 1.29 is 4.79 Å². The van der Waals surface area contributed by atoms with Crippen LogP contribution in [0.15, 0.2) is 28.7 Å². The summed E-state index contributed by atoms with van der Waals surface area (Å²) < 4.78 is 0.892. The Balaban J connectivity index is 2.35. The lowest BCUT2D eigenvalue weighted by molar-refractivity contribution is 0.0968. The Labute approximate surface area is 119 Å². The average molecular weight is 312 g/mol. The number of carbonyl (C=O) groups excluding carboxylic acids is 1. The smallest absolute Gasteiger partial charge is 0.165 e. The fourth-order valence-corrected chi connectivity index (χ4v) is 2.36. The van der Waals surface area contributed by atoms with Gasteiger partial charge in [0.05, 0.1) is 0 Å². The summed E-state index contributed by atoms with van der Waals surface area (Å²) in [7, 11) is 2.09. The molecule has 0 aliphatic heterocycles. The average Bonchev–Trinajstić information content (AvgIpc) is 2.37. The zero-order valence-electron chi connectivity index (χ0n) is 11.3. The summed E-state index contributed by atoms with van der Waals surface area (Å²) in [5.74, 6) is 0.213. The monoisotopic (exact) mass is 311 g/mol. The summed E-state index contributed by atoms with van der Waals surface area (Å²) in [6.45, 7) is 4.12. The van der Waals surface area contributed by atoms with E-state index in [9.17, 15) is 4.79 Å². The third-order valence-electron chi connectivity index (χ3n) is 3.04. The largest absolute Gasteiger partial charge is 0.306 e. The Morgan fingerprint density at radius 3 is 2.61 bits per heavy atom. The molecule has 3 heteroatoms. The molecule has 0 aromatic heterocycles. The molecule has 0 aliphatic carbocycles. The van der Waals surface area contributed by atoms with Crippen LogP contribution < -0.4 is 0 Å². The number of rotatable bonds is 8. The van der Waals surface area contributed by atoms with Crippen molar-refractivity contribution in [1.82, 2.24) is 4.90 Å². The molecule has 0 spiro atoms. The molecule has 2 nitrogen and oxygen atoms in total. The van der Waals surface area contributed by atoms with Crippen LogP contribution in [0, 0.1) is 0 Å². The van der Waals surface area contributed by atoms with E-state index in [2.05, 4.69) is 34.8 Å². The molecular weight excluding hydrogens is 290 g/mol. The number of ketones is 1. The van der Waals surface area contributed by atoms with Crippen molar-refractivity contribution in [2.24, 2.45) is 0 Å². The predicted molar refractivity (Wildman–Crippen MR) is 80.1 cm³/mol. The van der Waals surface area contributed by atoms with Crippen LogP contribution in [0.4, 0.5) is 0 Å². The second-order valence-electron chi connectivity index (χ2n) is 4.66. The van der Waals surface area contributed by atoms with Crippen LogP contribution in [-0.4, -0.2) is 30.8 Å². The van der Waals surface area contributed by atoms with Crippen LogP contribution >= 0.6 is 15.9 Å². The van der Waals surface area contributed by atoms with E-state index in [1.54, 1.807) is 0 Å². The molecule has 18 heavy (non-hydrogen) atoms. The highest BCUT2D eigenvalue weighted by atomic mass is 79.9. The summed E-state index contributed by atoms with van der Waals surface area (Å²) in [5, 5.41) is 0. The SMILES string of the molecule is CCCCCN(C)CCC(=O)c1ccccc1Br. The second kappa shape index (κ2) is 8.44. The molecule has 100 valence electrons. The van der Waals surface area contributed by atoms with Gasteiger partial charge in [-0.2, -0.15) is 0 Å². The topological polar surface area (TPSA) is 20.3 Å². The van der Waals surface area contributed by atoms with Gasteiger partial charge in [-0.3, -0.25) is 4.79 Å². The summed E-state index contributed by atoms with van der Waals surface area (Å²) in [5.41, 5.74) is 0.791. The van der Waals surface area contributed by atoms with Crippen LogP contribution in [0.25, 0.3) is 0 Å². The predicted octanol–water partition coefficient (Wildman–Crippen LogP) is 4.14. The molecule has 1 rings (SSSR count). The minimum absolute atomic E-state index is 0.213. The van der Waals surface area contributed by atoms with Crippen molar-refractivity contribution in [2.45, 2.75) is 32.6 Å². The lowest BCUT2D eigenvalue weighted by Crippen LogP contribution is -2.23. The molecule has 0 fully saturated rings. The zero-order chi connectivity index (χ0) is 13.4. The molecule has 0 saturated carbocycles. The second-order valence-corrected chi connectivity index (χ2v) is 5.52.